The predicted octanol–water partition coefficient (Wildman–Crippen LogP) is 4.24. The summed E-state index contributed by atoms with van der Waals surface area (Å²) in [6.07, 6.45) is 3.57. The molecule has 1 aromatic rings. The van der Waals surface area contributed by atoms with E-state index in [9.17, 15) is 0 Å². The first-order valence-electron chi connectivity index (χ1n) is 11.7. The molecule has 2 rings (SSSR count). The molecule has 1 aromatic carbocycles. The van der Waals surface area contributed by atoms with Gasteiger partial charge in [0.15, 0.2) is 5.96 Å². The van der Waals surface area contributed by atoms with Gasteiger partial charge in [0.05, 0.1) is 6.54 Å². The molecule has 0 atom stereocenters. The molecule has 1 heterocycles. The van der Waals surface area contributed by atoms with Crippen molar-refractivity contribution in [3.05, 3.63) is 29.8 Å². The lowest BCUT2D eigenvalue weighted by Gasteiger charge is -2.26. The standard InChI is InChI=1S/C24H42N4O2.HI/c1-5-25-24(27(4)15-12-21-13-17-29-18-14-21)26-20-22-8-10-23(11-9-22)30-19-16-28(6-2)7-3;/h8-11,21H,5-7,12-20H2,1-4H3,(H,25,26);1H. The molecule has 0 unspecified atom stereocenters. The summed E-state index contributed by atoms with van der Waals surface area (Å²) < 4.78 is 11.4. The topological polar surface area (TPSA) is 49.3 Å². The number of rotatable bonds is 12. The summed E-state index contributed by atoms with van der Waals surface area (Å²) in [6.45, 7) is 14.7. The van der Waals surface area contributed by atoms with Crippen molar-refractivity contribution in [2.75, 3.05) is 59.6 Å². The van der Waals surface area contributed by atoms with E-state index in [0.29, 0.717) is 6.54 Å². The average molecular weight is 547 g/mol. The highest BCUT2D eigenvalue weighted by atomic mass is 127. The number of benzene rings is 1. The maximum Gasteiger partial charge on any atom is 0.193 e. The Hall–Kier alpha value is -1.06. The maximum atomic E-state index is 5.88. The van der Waals surface area contributed by atoms with E-state index in [4.69, 9.17) is 14.5 Å². The molecular weight excluding hydrogens is 503 g/mol. The zero-order valence-corrected chi connectivity index (χ0v) is 22.3. The lowest BCUT2D eigenvalue weighted by atomic mass is 9.96. The second-order valence-electron chi connectivity index (χ2n) is 7.96. The van der Waals surface area contributed by atoms with Gasteiger partial charge in [0.2, 0.25) is 0 Å². The van der Waals surface area contributed by atoms with Gasteiger partial charge in [0.1, 0.15) is 12.4 Å². The summed E-state index contributed by atoms with van der Waals surface area (Å²) in [6, 6.07) is 8.33. The normalized spacial score (nSPS) is 14.9. The molecule has 1 fully saturated rings. The van der Waals surface area contributed by atoms with E-state index in [1.807, 2.05) is 0 Å². The van der Waals surface area contributed by atoms with Gasteiger partial charge in [0.25, 0.3) is 0 Å². The van der Waals surface area contributed by atoms with Gasteiger partial charge in [0, 0.05) is 39.9 Å². The van der Waals surface area contributed by atoms with Crippen molar-refractivity contribution in [3.8, 4) is 5.75 Å². The van der Waals surface area contributed by atoms with Crippen LogP contribution in [0.15, 0.2) is 29.3 Å². The first kappa shape index (κ1) is 28.0. The molecule has 1 aliphatic rings. The molecular formula is C24H43IN4O2. The maximum absolute atomic E-state index is 5.88. The van der Waals surface area contributed by atoms with Crippen molar-refractivity contribution in [3.63, 3.8) is 0 Å². The Balaban J connectivity index is 0.00000480. The van der Waals surface area contributed by atoms with Gasteiger partial charge in [-0.25, -0.2) is 4.99 Å². The zero-order chi connectivity index (χ0) is 21.6. The Kier molecular flexibility index (Phi) is 14.9. The molecule has 1 aliphatic heterocycles. The molecule has 0 aliphatic carbocycles. The van der Waals surface area contributed by atoms with Gasteiger partial charge in [-0.2, -0.15) is 0 Å². The molecule has 0 amide bonds. The van der Waals surface area contributed by atoms with Crippen molar-refractivity contribution in [1.82, 2.24) is 15.1 Å². The van der Waals surface area contributed by atoms with E-state index in [1.165, 1.54) is 24.8 Å². The van der Waals surface area contributed by atoms with Gasteiger partial charge in [-0.1, -0.05) is 26.0 Å². The Morgan fingerprint density at radius 2 is 1.77 bits per heavy atom. The van der Waals surface area contributed by atoms with Gasteiger partial charge >= 0.3 is 0 Å². The highest BCUT2D eigenvalue weighted by Gasteiger charge is 2.15. The molecule has 0 aromatic heterocycles. The van der Waals surface area contributed by atoms with Gasteiger partial charge in [-0.3, -0.25) is 0 Å². The molecule has 31 heavy (non-hydrogen) atoms. The molecule has 1 N–H and O–H groups in total. The number of halogens is 1. The number of hydrogen-bond donors (Lipinski definition) is 1. The fourth-order valence-corrected chi connectivity index (χ4v) is 3.68. The lowest BCUT2D eigenvalue weighted by molar-refractivity contribution is 0.0625. The van der Waals surface area contributed by atoms with Crippen LogP contribution in [0.5, 0.6) is 5.75 Å². The SMILES string of the molecule is CCNC(=NCc1ccc(OCCN(CC)CC)cc1)N(C)CCC1CCOCC1.I. The van der Waals surface area contributed by atoms with Crippen LogP contribution in [0.25, 0.3) is 0 Å². The second kappa shape index (κ2) is 16.6. The lowest BCUT2D eigenvalue weighted by Crippen LogP contribution is -2.40. The predicted molar refractivity (Wildman–Crippen MR) is 141 cm³/mol. The van der Waals surface area contributed by atoms with E-state index in [2.05, 4.69) is 67.2 Å². The monoisotopic (exact) mass is 546 g/mol. The molecule has 0 saturated carbocycles. The molecule has 6 nitrogen and oxygen atoms in total. The van der Waals surface area contributed by atoms with Crippen LogP contribution in [-0.2, 0) is 11.3 Å². The second-order valence-corrected chi connectivity index (χ2v) is 7.96. The third-order valence-electron chi connectivity index (χ3n) is 5.82. The molecule has 178 valence electrons. The quantitative estimate of drug-likeness (QED) is 0.242. The number of aliphatic imine (C=N–C) groups is 1. The first-order valence-corrected chi connectivity index (χ1v) is 11.7. The number of nitrogens with one attached hydrogen (secondary N) is 1. The number of nitrogens with zero attached hydrogens (tertiary/aromatic N) is 3. The largest absolute Gasteiger partial charge is 0.492 e. The highest BCUT2D eigenvalue weighted by Crippen LogP contribution is 2.18. The Labute approximate surface area is 206 Å². The number of guanidine groups is 1. The van der Waals surface area contributed by atoms with Crippen molar-refractivity contribution in [2.45, 2.75) is 46.6 Å². The molecule has 0 spiro atoms. The van der Waals surface area contributed by atoms with Crippen LogP contribution in [0.1, 0.15) is 45.6 Å². The smallest absolute Gasteiger partial charge is 0.193 e. The average Bonchev–Trinajstić information content (AvgIpc) is 2.79. The van der Waals surface area contributed by atoms with Crippen LogP contribution >= 0.6 is 24.0 Å². The van der Waals surface area contributed by atoms with Gasteiger partial charge < -0.3 is 24.6 Å². The van der Waals surface area contributed by atoms with Crippen molar-refractivity contribution in [2.24, 2.45) is 10.9 Å². The van der Waals surface area contributed by atoms with Crippen molar-refractivity contribution >= 4 is 29.9 Å². The molecule has 1 saturated heterocycles. The Morgan fingerprint density at radius 3 is 2.39 bits per heavy atom. The van der Waals surface area contributed by atoms with Crippen molar-refractivity contribution in [1.29, 1.82) is 0 Å². The fraction of sp³-hybridized carbons (Fsp3) is 0.708. The molecule has 7 heteroatoms. The minimum absolute atomic E-state index is 0. The summed E-state index contributed by atoms with van der Waals surface area (Å²) in [5.41, 5.74) is 1.19. The number of likely N-dealkylation sites (N-methyl/N-ethyl adjacent to an activating group) is 1. The van der Waals surface area contributed by atoms with Crippen molar-refractivity contribution < 1.29 is 9.47 Å². The van der Waals surface area contributed by atoms with Crippen LogP contribution in [0.3, 0.4) is 0 Å². The van der Waals surface area contributed by atoms with Crippen LogP contribution in [0, 0.1) is 5.92 Å². The molecule has 0 radical (unpaired) electrons. The minimum atomic E-state index is 0. The summed E-state index contributed by atoms with van der Waals surface area (Å²) in [5.74, 6) is 2.68. The van der Waals surface area contributed by atoms with E-state index >= 15 is 0 Å². The van der Waals surface area contributed by atoms with Crippen LogP contribution in [0.4, 0.5) is 0 Å². The third kappa shape index (κ3) is 10.9. The van der Waals surface area contributed by atoms with Gasteiger partial charge in [-0.05, 0) is 62.9 Å². The van der Waals surface area contributed by atoms with E-state index in [0.717, 1.165) is 70.2 Å². The third-order valence-corrected chi connectivity index (χ3v) is 5.82. The first-order chi connectivity index (χ1) is 14.7. The van der Waals surface area contributed by atoms with E-state index in [1.54, 1.807) is 0 Å². The minimum Gasteiger partial charge on any atom is -0.492 e. The fourth-order valence-electron chi connectivity index (χ4n) is 3.68. The van der Waals surface area contributed by atoms with Crippen LogP contribution in [0.2, 0.25) is 0 Å². The number of ether oxygens (including phenoxy) is 2. The highest BCUT2D eigenvalue weighted by molar-refractivity contribution is 14.0. The Morgan fingerprint density at radius 1 is 1.10 bits per heavy atom. The summed E-state index contributed by atoms with van der Waals surface area (Å²) in [5, 5.41) is 3.42. The summed E-state index contributed by atoms with van der Waals surface area (Å²) in [4.78, 5) is 9.46. The van der Waals surface area contributed by atoms with E-state index < -0.39 is 0 Å². The Bertz CT molecular complexity index is 602. The van der Waals surface area contributed by atoms with Crippen LogP contribution in [-0.4, -0.2) is 75.4 Å². The summed E-state index contributed by atoms with van der Waals surface area (Å²) >= 11 is 0. The van der Waals surface area contributed by atoms with Gasteiger partial charge in [-0.15, -0.1) is 24.0 Å². The summed E-state index contributed by atoms with van der Waals surface area (Å²) in [7, 11) is 2.13. The molecule has 0 bridgehead atoms. The van der Waals surface area contributed by atoms with E-state index in [-0.39, 0.29) is 24.0 Å². The zero-order valence-electron chi connectivity index (χ0n) is 19.9. The van der Waals surface area contributed by atoms with Crippen LogP contribution < -0.4 is 10.1 Å². The number of hydrogen-bond acceptors (Lipinski definition) is 4.